The molecule has 3 rings (SSSR count). The van der Waals surface area contributed by atoms with Gasteiger partial charge in [-0.05, 0) is 37.3 Å². The Labute approximate surface area is 173 Å². The molecule has 29 heavy (non-hydrogen) atoms. The summed E-state index contributed by atoms with van der Waals surface area (Å²) in [5, 5.41) is 3.05. The van der Waals surface area contributed by atoms with Gasteiger partial charge in [0.05, 0.1) is 11.7 Å². The van der Waals surface area contributed by atoms with E-state index in [1.807, 2.05) is 31.2 Å². The van der Waals surface area contributed by atoms with Crippen molar-refractivity contribution in [3.63, 3.8) is 0 Å². The number of nitrogens with one attached hydrogen (secondary N) is 1. The fourth-order valence-corrected chi connectivity index (χ4v) is 5.71. The zero-order valence-electron chi connectivity index (χ0n) is 17.3. The van der Waals surface area contributed by atoms with Crippen molar-refractivity contribution < 1.29 is 18.0 Å². The lowest BCUT2D eigenvalue weighted by Crippen LogP contribution is -2.48. The molecule has 2 fully saturated rings. The number of nitrogens with zero attached hydrogens (tertiary/aromatic N) is 2. The van der Waals surface area contributed by atoms with Crippen molar-refractivity contribution in [1.29, 1.82) is 0 Å². The zero-order chi connectivity index (χ0) is 21.0. The molecule has 0 unspecified atom stereocenters. The fourth-order valence-electron chi connectivity index (χ4n) is 4.17. The van der Waals surface area contributed by atoms with E-state index in [-0.39, 0.29) is 35.9 Å². The van der Waals surface area contributed by atoms with E-state index >= 15 is 0 Å². The Kier molecular flexibility index (Phi) is 6.95. The first-order valence-corrected chi connectivity index (χ1v) is 12.1. The number of anilines is 1. The monoisotopic (exact) mass is 421 g/mol. The minimum atomic E-state index is -3.18. The number of piperidine rings is 1. The van der Waals surface area contributed by atoms with Gasteiger partial charge in [0.1, 0.15) is 0 Å². The fraction of sp³-hybridized carbons (Fsp3) is 0.619. The normalized spacial score (nSPS) is 21.5. The second kappa shape index (κ2) is 9.26. The van der Waals surface area contributed by atoms with Crippen LogP contribution in [0.1, 0.15) is 45.1 Å². The third kappa shape index (κ3) is 4.98. The summed E-state index contributed by atoms with van der Waals surface area (Å²) in [6.45, 7) is 5.18. The van der Waals surface area contributed by atoms with Crippen LogP contribution in [0.4, 0.5) is 5.69 Å². The first-order chi connectivity index (χ1) is 13.9. The van der Waals surface area contributed by atoms with Gasteiger partial charge >= 0.3 is 0 Å². The lowest BCUT2D eigenvalue weighted by atomic mass is 10.0. The van der Waals surface area contributed by atoms with Crippen LogP contribution in [0.3, 0.4) is 0 Å². The molecule has 160 valence electrons. The Morgan fingerprint density at radius 3 is 2.52 bits per heavy atom. The van der Waals surface area contributed by atoms with Crippen LogP contribution in [-0.2, 0) is 26.0 Å². The third-order valence-corrected chi connectivity index (χ3v) is 7.89. The Morgan fingerprint density at radius 2 is 1.86 bits per heavy atom. The van der Waals surface area contributed by atoms with Gasteiger partial charge in [0, 0.05) is 37.8 Å². The molecule has 0 bridgehead atoms. The minimum Gasteiger partial charge on any atom is -0.353 e. The van der Waals surface area contributed by atoms with Gasteiger partial charge in [-0.15, -0.1) is 0 Å². The van der Waals surface area contributed by atoms with Crippen LogP contribution in [0.5, 0.6) is 0 Å². The molecule has 0 saturated carbocycles. The zero-order valence-corrected chi connectivity index (χ0v) is 18.1. The number of aryl methyl sites for hydroxylation is 1. The van der Waals surface area contributed by atoms with E-state index in [1.54, 1.807) is 4.90 Å². The van der Waals surface area contributed by atoms with Gasteiger partial charge < -0.3 is 10.2 Å². The lowest BCUT2D eigenvalue weighted by molar-refractivity contribution is -0.127. The third-order valence-electron chi connectivity index (χ3n) is 5.81. The van der Waals surface area contributed by atoms with E-state index in [4.69, 9.17) is 0 Å². The first kappa shape index (κ1) is 21.8. The number of rotatable bonds is 7. The number of amides is 2. The summed E-state index contributed by atoms with van der Waals surface area (Å²) in [7, 11) is -3.18. The highest BCUT2D eigenvalue weighted by Gasteiger charge is 2.37. The number of sulfonamides is 1. The second-order valence-corrected chi connectivity index (χ2v) is 9.97. The standard InChI is InChI=1S/C21H31N3O4S/c1-3-13-29(27,28)23-11-9-18(10-12-23)22-21(26)17-14-20(25)24(15-17)19-8-6-5-7-16(19)4-2/h5-8,17-18H,3-4,9-15H2,1-2H3,(H,22,26)/t17-/m0/s1. The van der Waals surface area contributed by atoms with E-state index in [2.05, 4.69) is 12.2 Å². The van der Waals surface area contributed by atoms with E-state index in [0.29, 0.717) is 38.9 Å². The minimum absolute atomic E-state index is 0.0217. The first-order valence-electron chi connectivity index (χ1n) is 10.5. The molecule has 0 aromatic heterocycles. The molecule has 2 heterocycles. The van der Waals surface area contributed by atoms with E-state index in [9.17, 15) is 18.0 Å². The van der Waals surface area contributed by atoms with Crippen LogP contribution in [0, 0.1) is 5.92 Å². The van der Waals surface area contributed by atoms with Crippen LogP contribution >= 0.6 is 0 Å². The Hall–Kier alpha value is -1.93. The summed E-state index contributed by atoms with van der Waals surface area (Å²) in [5.74, 6) is -0.325. The predicted molar refractivity (Wildman–Crippen MR) is 113 cm³/mol. The maximum Gasteiger partial charge on any atom is 0.227 e. The van der Waals surface area contributed by atoms with Gasteiger partial charge in [-0.1, -0.05) is 32.0 Å². The van der Waals surface area contributed by atoms with E-state index in [0.717, 1.165) is 17.7 Å². The Balaban J connectivity index is 1.55. The number of para-hydroxylation sites is 1. The lowest BCUT2D eigenvalue weighted by Gasteiger charge is -2.32. The number of hydrogen-bond acceptors (Lipinski definition) is 4. The van der Waals surface area contributed by atoms with Crippen molar-refractivity contribution in [3.8, 4) is 0 Å². The second-order valence-electron chi connectivity index (χ2n) is 7.89. The van der Waals surface area contributed by atoms with Gasteiger partial charge in [-0.3, -0.25) is 9.59 Å². The Morgan fingerprint density at radius 1 is 1.17 bits per heavy atom. The molecule has 1 aromatic carbocycles. The molecule has 8 heteroatoms. The highest BCUT2D eigenvalue weighted by Crippen LogP contribution is 2.29. The summed E-state index contributed by atoms with van der Waals surface area (Å²) < 4.78 is 25.9. The number of hydrogen-bond donors (Lipinski definition) is 1. The molecule has 2 amide bonds. The van der Waals surface area contributed by atoms with Gasteiger partial charge in [-0.2, -0.15) is 0 Å². The maximum absolute atomic E-state index is 12.7. The summed E-state index contributed by atoms with van der Waals surface area (Å²) in [4.78, 5) is 27.0. The summed E-state index contributed by atoms with van der Waals surface area (Å²) in [5.41, 5.74) is 1.99. The van der Waals surface area contributed by atoms with Crippen LogP contribution < -0.4 is 10.2 Å². The van der Waals surface area contributed by atoms with Crippen LogP contribution in [-0.4, -0.2) is 56.0 Å². The quantitative estimate of drug-likeness (QED) is 0.729. The molecule has 1 atom stereocenters. The molecule has 7 nitrogen and oxygen atoms in total. The van der Waals surface area contributed by atoms with Crippen molar-refractivity contribution in [3.05, 3.63) is 29.8 Å². The van der Waals surface area contributed by atoms with Crippen molar-refractivity contribution in [2.75, 3.05) is 30.3 Å². The van der Waals surface area contributed by atoms with Gasteiger partial charge in [0.15, 0.2) is 0 Å². The topological polar surface area (TPSA) is 86.8 Å². The van der Waals surface area contributed by atoms with Crippen LogP contribution in [0.25, 0.3) is 0 Å². The number of carbonyl (C=O) groups is 2. The van der Waals surface area contributed by atoms with Gasteiger partial charge in [0.25, 0.3) is 0 Å². The largest absolute Gasteiger partial charge is 0.353 e. The molecule has 2 aliphatic heterocycles. The molecule has 2 saturated heterocycles. The van der Waals surface area contributed by atoms with Crippen LogP contribution in [0.15, 0.2) is 24.3 Å². The van der Waals surface area contributed by atoms with E-state index < -0.39 is 10.0 Å². The smallest absolute Gasteiger partial charge is 0.227 e. The van der Waals surface area contributed by atoms with E-state index in [1.165, 1.54) is 4.31 Å². The van der Waals surface area contributed by atoms with Gasteiger partial charge in [-0.25, -0.2) is 12.7 Å². The SMILES string of the molecule is CCCS(=O)(=O)N1CCC(NC(=O)[C@H]2CC(=O)N(c3ccccc3CC)C2)CC1. The molecular formula is C21H31N3O4S. The highest BCUT2D eigenvalue weighted by molar-refractivity contribution is 7.89. The molecule has 0 radical (unpaired) electrons. The van der Waals surface area contributed by atoms with Crippen molar-refractivity contribution in [2.45, 2.75) is 52.0 Å². The summed E-state index contributed by atoms with van der Waals surface area (Å²) in [6, 6.07) is 7.78. The molecule has 1 N–H and O–H groups in total. The molecule has 1 aromatic rings. The summed E-state index contributed by atoms with van der Waals surface area (Å²) in [6.07, 6.45) is 2.87. The average molecular weight is 422 g/mol. The van der Waals surface area contributed by atoms with Crippen LogP contribution in [0.2, 0.25) is 0 Å². The molecular weight excluding hydrogens is 390 g/mol. The molecule has 0 aliphatic carbocycles. The van der Waals surface area contributed by atoms with Gasteiger partial charge in [0.2, 0.25) is 21.8 Å². The summed E-state index contributed by atoms with van der Waals surface area (Å²) >= 11 is 0. The average Bonchev–Trinajstić information content (AvgIpc) is 3.10. The highest BCUT2D eigenvalue weighted by atomic mass is 32.2. The molecule has 2 aliphatic rings. The van der Waals surface area contributed by atoms with Crippen molar-refractivity contribution in [2.24, 2.45) is 5.92 Å². The number of benzene rings is 1. The molecule has 0 spiro atoms. The van der Waals surface area contributed by atoms with Crippen molar-refractivity contribution >= 4 is 27.5 Å². The number of carbonyl (C=O) groups excluding carboxylic acids is 2. The maximum atomic E-state index is 12.7. The Bertz CT molecular complexity index is 847. The van der Waals surface area contributed by atoms with Crippen molar-refractivity contribution in [1.82, 2.24) is 9.62 Å². The predicted octanol–water partition coefficient (Wildman–Crippen LogP) is 1.92.